The maximum atomic E-state index is 12.6. The van der Waals surface area contributed by atoms with Gasteiger partial charge in [-0.25, -0.2) is 4.99 Å². The molecule has 4 rings (SSSR count). The summed E-state index contributed by atoms with van der Waals surface area (Å²) in [6.07, 6.45) is 3.75. The second kappa shape index (κ2) is 8.72. The van der Waals surface area contributed by atoms with Crippen LogP contribution in [0.3, 0.4) is 0 Å². The summed E-state index contributed by atoms with van der Waals surface area (Å²) < 4.78 is 0. The summed E-state index contributed by atoms with van der Waals surface area (Å²) in [5, 5.41) is 8.92. The van der Waals surface area contributed by atoms with Crippen LogP contribution in [0.5, 0.6) is 0 Å². The number of nitrogens with zero attached hydrogens (tertiary/aromatic N) is 5. The van der Waals surface area contributed by atoms with Gasteiger partial charge < -0.3 is 9.80 Å². The fraction of sp³-hybridized carbons (Fsp3) is 0.261. The first-order valence-corrected chi connectivity index (χ1v) is 9.73. The number of rotatable bonds is 5. The predicted octanol–water partition coefficient (Wildman–Crippen LogP) is 2.63. The van der Waals surface area contributed by atoms with Gasteiger partial charge in [0.25, 0.3) is 0 Å². The first kappa shape index (κ1) is 18.9. The Labute approximate surface area is 171 Å². The summed E-state index contributed by atoms with van der Waals surface area (Å²) in [5.74, 6) is 0.136. The van der Waals surface area contributed by atoms with Crippen molar-refractivity contribution in [2.75, 3.05) is 37.6 Å². The highest BCUT2D eigenvalue weighted by molar-refractivity contribution is 5.95. The molecule has 0 atom stereocenters. The van der Waals surface area contributed by atoms with Gasteiger partial charge in [0, 0.05) is 44.6 Å². The third-order valence-corrected chi connectivity index (χ3v) is 5.16. The molecule has 2 aliphatic rings. The second-order valence-corrected chi connectivity index (χ2v) is 7.36. The van der Waals surface area contributed by atoms with E-state index in [4.69, 9.17) is 5.26 Å². The van der Waals surface area contributed by atoms with Crippen LogP contribution in [0.15, 0.2) is 71.4 Å². The fourth-order valence-electron chi connectivity index (χ4n) is 3.71. The molecule has 0 unspecified atom stereocenters. The number of aliphatic imine (C=N–C) groups is 1. The topological polar surface area (TPSA) is 62.9 Å². The molecule has 0 aromatic heterocycles. The minimum Gasteiger partial charge on any atom is -0.354 e. The van der Waals surface area contributed by atoms with Crippen LogP contribution in [0.2, 0.25) is 0 Å². The van der Waals surface area contributed by atoms with E-state index < -0.39 is 0 Å². The number of benzene rings is 2. The third-order valence-electron chi connectivity index (χ3n) is 5.16. The van der Waals surface area contributed by atoms with Crippen molar-refractivity contribution >= 4 is 17.9 Å². The SMILES string of the molecule is N#Cc1ccc(CN2C=NC=C(CN3CCN(c4ccccc4)C(=O)C3)C2)cc1. The molecule has 1 amide bonds. The highest BCUT2D eigenvalue weighted by Gasteiger charge is 2.25. The summed E-state index contributed by atoms with van der Waals surface area (Å²) in [4.78, 5) is 23.2. The van der Waals surface area contributed by atoms with Crippen molar-refractivity contribution in [3.05, 3.63) is 77.5 Å². The fourth-order valence-corrected chi connectivity index (χ4v) is 3.71. The summed E-state index contributed by atoms with van der Waals surface area (Å²) in [7, 11) is 0. The normalized spacial score (nSPS) is 17.2. The number of carbonyl (C=O) groups excluding carboxylic acids is 1. The van der Waals surface area contributed by atoms with Crippen molar-refractivity contribution in [2.24, 2.45) is 4.99 Å². The Morgan fingerprint density at radius 1 is 0.966 bits per heavy atom. The van der Waals surface area contributed by atoms with Crippen LogP contribution >= 0.6 is 0 Å². The van der Waals surface area contributed by atoms with Crippen molar-refractivity contribution in [1.82, 2.24) is 9.80 Å². The second-order valence-electron chi connectivity index (χ2n) is 7.36. The van der Waals surface area contributed by atoms with Gasteiger partial charge in [0.15, 0.2) is 0 Å². The number of nitriles is 1. The lowest BCUT2D eigenvalue weighted by molar-refractivity contribution is -0.121. The van der Waals surface area contributed by atoms with Crippen LogP contribution in [0.1, 0.15) is 11.1 Å². The zero-order valence-electron chi connectivity index (χ0n) is 16.2. The van der Waals surface area contributed by atoms with Gasteiger partial charge in [-0.1, -0.05) is 30.3 Å². The van der Waals surface area contributed by atoms with E-state index in [1.165, 1.54) is 5.57 Å². The smallest absolute Gasteiger partial charge is 0.241 e. The van der Waals surface area contributed by atoms with Crippen LogP contribution in [0.4, 0.5) is 5.69 Å². The van der Waals surface area contributed by atoms with Crippen LogP contribution in [0, 0.1) is 11.3 Å². The Balaban J connectivity index is 1.31. The lowest BCUT2D eigenvalue weighted by Crippen LogP contribution is -2.51. The predicted molar refractivity (Wildman–Crippen MR) is 113 cm³/mol. The van der Waals surface area contributed by atoms with Gasteiger partial charge in [-0.05, 0) is 35.4 Å². The molecule has 0 saturated carbocycles. The van der Waals surface area contributed by atoms with E-state index in [2.05, 4.69) is 20.9 Å². The molecule has 0 bridgehead atoms. The van der Waals surface area contributed by atoms with E-state index in [0.717, 1.165) is 37.4 Å². The van der Waals surface area contributed by atoms with E-state index >= 15 is 0 Å². The minimum absolute atomic E-state index is 0.136. The summed E-state index contributed by atoms with van der Waals surface area (Å²) in [6, 6.07) is 19.6. The van der Waals surface area contributed by atoms with Crippen LogP contribution < -0.4 is 4.90 Å². The van der Waals surface area contributed by atoms with Crippen LogP contribution in [-0.2, 0) is 11.3 Å². The van der Waals surface area contributed by atoms with E-state index in [9.17, 15) is 4.79 Å². The molecule has 6 nitrogen and oxygen atoms in total. The third kappa shape index (κ3) is 4.71. The van der Waals surface area contributed by atoms with Crippen molar-refractivity contribution in [2.45, 2.75) is 6.54 Å². The van der Waals surface area contributed by atoms with Crippen molar-refractivity contribution < 1.29 is 4.79 Å². The molecular formula is C23H23N5O. The number of carbonyl (C=O) groups is 1. The van der Waals surface area contributed by atoms with Gasteiger partial charge in [0.1, 0.15) is 0 Å². The molecule has 6 heteroatoms. The molecule has 0 radical (unpaired) electrons. The Morgan fingerprint density at radius 3 is 2.48 bits per heavy atom. The Morgan fingerprint density at radius 2 is 1.76 bits per heavy atom. The van der Waals surface area contributed by atoms with Gasteiger partial charge in [0.2, 0.25) is 5.91 Å². The number of para-hydroxylation sites is 1. The van der Waals surface area contributed by atoms with Gasteiger partial charge in [-0.3, -0.25) is 9.69 Å². The first-order chi connectivity index (χ1) is 14.2. The highest BCUT2D eigenvalue weighted by atomic mass is 16.2. The standard InChI is InChI=1S/C23H23N5O/c24-12-19-6-8-20(9-7-19)14-27-16-21(13-25-18-27)15-26-10-11-28(23(29)17-26)22-4-2-1-3-5-22/h1-9,13,18H,10-11,14-17H2. The molecule has 146 valence electrons. The Bertz CT molecular complexity index is 959. The lowest BCUT2D eigenvalue weighted by Gasteiger charge is -2.35. The number of hydrogen-bond donors (Lipinski definition) is 0. The van der Waals surface area contributed by atoms with Crippen LogP contribution in [-0.4, -0.2) is 54.8 Å². The molecule has 1 saturated heterocycles. The average molecular weight is 385 g/mol. The van der Waals surface area contributed by atoms with Gasteiger partial charge in [-0.2, -0.15) is 5.26 Å². The number of amides is 1. The molecule has 0 aliphatic carbocycles. The first-order valence-electron chi connectivity index (χ1n) is 9.73. The molecule has 0 N–H and O–H groups in total. The lowest BCUT2D eigenvalue weighted by atomic mass is 10.1. The summed E-state index contributed by atoms with van der Waals surface area (Å²) in [5.41, 5.74) is 3.97. The molecular weight excluding hydrogens is 362 g/mol. The molecule has 2 aromatic carbocycles. The summed E-state index contributed by atoms with van der Waals surface area (Å²) in [6.45, 7) is 4.25. The summed E-state index contributed by atoms with van der Waals surface area (Å²) >= 11 is 0. The highest BCUT2D eigenvalue weighted by Crippen LogP contribution is 2.18. The van der Waals surface area contributed by atoms with Gasteiger partial charge >= 0.3 is 0 Å². The molecule has 29 heavy (non-hydrogen) atoms. The maximum Gasteiger partial charge on any atom is 0.241 e. The maximum absolute atomic E-state index is 12.6. The van der Waals surface area contributed by atoms with Crippen molar-refractivity contribution in [3.63, 3.8) is 0 Å². The Hall–Kier alpha value is -3.43. The monoisotopic (exact) mass is 385 g/mol. The van der Waals surface area contributed by atoms with E-state index in [1.807, 2.05) is 72.0 Å². The van der Waals surface area contributed by atoms with Gasteiger partial charge in [-0.15, -0.1) is 0 Å². The number of hydrogen-bond acceptors (Lipinski definition) is 5. The molecule has 2 aromatic rings. The molecule has 2 aliphatic heterocycles. The molecule has 1 fully saturated rings. The largest absolute Gasteiger partial charge is 0.354 e. The van der Waals surface area contributed by atoms with E-state index in [0.29, 0.717) is 18.7 Å². The van der Waals surface area contributed by atoms with E-state index in [-0.39, 0.29) is 5.91 Å². The van der Waals surface area contributed by atoms with E-state index in [1.54, 1.807) is 0 Å². The Kier molecular flexibility index (Phi) is 5.68. The zero-order chi connectivity index (χ0) is 20.1. The minimum atomic E-state index is 0.136. The molecule has 0 spiro atoms. The zero-order valence-corrected chi connectivity index (χ0v) is 16.2. The number of anilines is 1. The van der Waals surface area contributed by atoms with Crippen molar-refractivity contribution in [1.29, 1.82) is 5.26 Å². The quantitative estimate of drug-likeness (QED) is 0.794. The van der Waals surface area contributed by atoms with Gasteiger partial charge in [0.05, 0.1) is 24.5 Å². The van der Waals surface area contributed by atoms with Crippen LogP contribution in [0.25, 0.3) is 0 Å². The van der Waals surface area contributed by atoms with Crippen molar-refractivity contribution in [3.8, 4) is 6.07 Å². The average Bonchev–Trinajstić information content (AvgIpc) is 2.75. The molecule has 2 heterocycles. The number of piperazine rings is 1.